The summed E-state index contributed by atoms with van der Waals surface area (Å²) in [6.07, 6.45) is 3.23. The summed E-state index contributed by atoms with van der Waals surface area (Å²) in [5.74, 6) is -0.531. The van der Waals surface area contributed by atoms with Crippen molar-refractivity contribution in [2.75, 3.05) is 12.4 Å². The lowest BCUT2D eigenvalue weighted by Gasteiger charge is -2.09. The van der Waals surface area contributed by atoms with Gasteiger partial charge in [-0.25, -0.2) is 4.68 Å². The summed E-state index contributed by atoms with van der Waals surface area (Å²) in [5, 5.41) is 7.01. The van der Waals surface area contributed by atoms with E-state index >= 15 is 0 Å². The highest BCUT2D eigenvalue weighted by Crippen LogP contribution is 2.18. The minimum Gasteiger partial charge on any atom is -0.468 e. The molecule has 0 amide bonds. The number of nitrogens with one attached hydrogen (secondary N) is 1. The minimum absolute atomic E-state index is 0.219. The maximum Gasteiger partial charge on any atom is 0.327 e. The van der Waals surface area contributed by atoms with Gasteiger partial charge < -0.3 is 10.1 Å². The van der Waals surface area contributed by atoms with E-state index in [2.05, 4.69) is 36.1 Å². The molecular weight excluding hydrogens is 348 g/mol. The van der Waals surface area contributed by atoms with Gasteiger partial charge in [0.05, 0.1) is 31.0 Å². The van der Waals surface area contributed by atoms with E-state index in [4.69, 9.17) is 0 Å². The van der Waals surface area contributed by atoms with Crippen LogP contribution in [0.25, 0.3) is 0 Å². The van der Waals surface area contributed by atoms with Crippen molar-refractivity contribution in [1.29, 1.82) is 0 Å². The molecule has 7 nitrogen and oxygen atoms in total. The Labute approximate surface area is 126 Å². The van der Waals surface area contributed by atoms with Crippen molar-refractivity contribution in [3.05, 3.63) is 37.6 Å². The van der Waals surface area contributed by atoms with E-state index < -0.39 is 11.5 Å². The Morgan fingerprint density at radius 2 is 2.35 bits per heavy atom. The molecule has 1 N–H and O–H groups in total. The van der Waals surface area contributed by atoms with Crippen LogP contribution in [0.4, 0.5) is 5.69 Å². The number of hydrogen-bond donors (Lipinski definition) is 1. The number of anilines is 1. The number of hydrogen-bond acceptors (Lipinski definition) is 7. The molecule has 106 valence electrons. The molecule has 20 heavy (non-hydrogen) atoms. The number of carbonyl (C=O) groups excluding carboxylic acids is 1. The number of esters is 1. The first-order valence-electron chi connectivity index (χ1n) is 5.55. The number of nitrogens with zero attached hydrogens (tertiary/aromatic N) is 3. The number of aromatic nitrogens is 3. The molecule has 0 saturated heterocycles. The van der Waals surface area contributed by atoms with Crippen LogP contribution < -0.4 is 10.9 Å². The number of carbonyl (C=O) groups is 1. The van der Waals surface area contributed by atoms with E-state index in [1.54, 1.807) is 11.7 Å². The summed E-state index contributed by atoms with van der Waals surface area (Å²) < 4.78 is 5.86. The first kappa shape index (κ1) is 14.7. The van der Waals surface area contributed by atoms with Gasteiger partial charge in [-0.05, 0) is 15.9 Å². The lowest BCUT2D eigenvalue weighted by atomic mass is 10.4. The summed E-state index contributed by atoms with van der Waals surface area (Å²) in [4.78, 5) is 28.2. The number of thiazole rings is 1. The third-order valence-electron chi connectivity index (χ3n) is 2.43. The van der Waals surface area contributed by atoms with Crippen LogP contribution in [0.15, 0.2) is 27.2 Å². The molecule has 0 unspecified atom stereocenters. The van der Waals surface area contributed by atoms with Gasteiger partial charge in [-0.15, -0.1) is 11.3 Å². The zero-order valence-corrected chi connectivity index (χ0v) is 12.9. The largest absolute Gasteiger partial charge is 0.468 e. The first-order chi connectivity index (χ1) is 9.61. The van der Waals surface area contributed by atoms with Crippen LogP contribution in [-0.2, 0) is 22.6 Å². The quantitative estimate of drug-likeness (QED) is 0.809. The second kappa shape index (κ2) is 6.62. The minimum atomic E-state index is -0.531. The SMILES string of the molecule is COC(=O)Cn1ncc(NCc2cncs2)c(Br)c1=O. The van der Waals surface area contributed by atoms with Crippen LogP contribution in [0.2, 0.25) is 0 Å². The summed E-state index contributed by atoms with van der Waals surface area (Å²) in [6.45, 7) is 0.328. The van der Waals surface area contributed by atoms with Gasteiger partial charge >= 0.3 is 5.97 Å². The third kappa shape index (κ3) is 3.42. The molecule has 9 heteroatoms. The smallest absolute Gasteiger partial charge is 0.327 e. The molecule has 2 rings (SSSR count). The molecule has 0 bridgehead atoms. The molecule has 2 aromatic rings. The monoisotopic (exact) mass is 358 g/mol. The fraction of sp³-hybridized carbons (Fsp3) is 0.273. The third-order valence-corrected chi connectivity index (χ3v) is 3.97. The standard InChI is InChI=1S/C11H11BrN4O3S/c1-19-9(17)5-16-11(18)10(12)8(4-15-16)14-3-7-2-13-6-20-7/h2,4,6,14H,3,5H2,1H3. The zero-order chi connectivity index (χ0) is 14.5. The van der Waals surface area contributed by atoms with Crippen LogP contribution in [0.5, 0.6) is 0 Å². The van der Waals surface area contributed by atoms with Gasteiger partial charge in [0, 0.05) is 11.1 Å². The number of methoxy groups -OCH3 is 1. The van der Waals surface area contributed by atoms with Crippen molar-refractivity contribution in [2.45, 2.75) is 13.1 Å². The zero-order valence-electron chi connectivity index (χ0n) is 10.5. The molecule has 0 spiro atoms. The number of ether oxygens (including phenoxy) is 1. The van der Waals surface area contributed by atoms with E-state index in [1.807, 2.05) is 0 Å². The molecule has 0 aliphatic rings. The van der Waals surface area contributed by atoms with E-state index in [9.17, 15) is 9.59 Å². The highest BCUT2D eigenvalue weighted by Gasteiger charge is 2.11. The first-order valence-corrected chi connectivity index (χ1v) is 7.22. The van der Waals surface area contributed by atoms with Crippen molar-refractivity contribution >= 4 is 38.9 Å². The summed E-state index contributed by atoms with van der Waals surface area (Å²) in [5.41, 5.74) is 1.90. The Hall–Kier alpha value is -1.74. The van der Waals surface area contributed by atoms with Crippen LogP contribution in [-0.4, -0.2) is 27.8 Å². The van der Waals surface area contributed by atoms with Gasteiger partial charge in [-0.1, -0.05) is 0 Å². The number of halogens is 1. The van der Waals surface area contributed by atoms with Gasteiger partial charge in [0.25, 0.3) is 5.56 Å². The molecular formula is C11H11BrN4O3S. The summed E-state index contributed by atoms with van der Waals surface area (Å²) in [6, 6.07) is 0. The molecule has 0 aliphatic heterocycles. The molecule has 0 aliphatic carbocycles. The van der Waals surface area contributed by atoms with E-state index in [0.29, 0.717) is 16.7 Å². The molecule has 0 fully saturated rings. The van der Waals surface area contributed by atoms with Gasteiger partial charge in [0.2, 0.25) is 0 Å². The van der Waals surface area contributed by atoms with E-state index in [1.165, 1.54) is 24.6 Å². The van der Waals surface area contributed by atoms with E-state index in [-0.39, 0.29) is 6.54 Å². The van der Waals surface area contributed by atoms with Gasteiger partial charge in [0.15, 0.2) is 0 Å². The molecule has 2 aromatic heterocycles. The normalized spacial score (nSPS) is 10.3. The Bertz CT molecular complexity index is 656. The molecule has 0 saturated carbocycles. The Morgan fingerprint density at radius 3 is 3.00 bits per heavy atom. The van der Waals surface area contributed by atoms with Crippen LogP contribution in [0.3, 0.4) is 0 Å². The van der Waals surface area contributed by atoms with Crippen molar-refractivity contribution < 1.29 is 9.53 Å². The fourth-order valence-corrected chi connectivity index (χ4v) is 2.38. The maximum absolute atomic E-state index is 12.0. The topological polar surface area (TPSA) is 86.1 Å². The summed E-state index contributed by atoms with van der Waals surface area (Å²) >= 11 is 4.72. The average Bonchev–Trinajstić information content (AvgIpc) is 2.96. The second-order valence-electron chi connectivity index (χ2n) is 3.73. The van der Waals surface area contributed by atoms with Crippen LogP contribution >= 0.6 is 27.3 Å². The molecule has 2 heterocycles. The van der Waals surface area contributed by atoms with E-state index in [0.717, 1.165) is 9.56 Å². The molecule has 0 radical (unpaired) electrons. The summed E-state index contributed by atoms with van der Waals surface area (Å²) in [7, 11) is 1.26. The highest BCUT2D eigenvalue weighted by molar-refractivity contribution is 9.10. The van der Waals surface area contributed by atoms with Crippen molar-refractivity contribution in [2.24, 2.45) is 0 Å². The van der Waals surface area contributed by atoms with Gasteiger partial charge in [-0.3, -0.25) is 14.6 Å². The van der Waals surface area contributed by atoms with Gasteiger partial charge in [-0.2, -0.15) is 5.10 Å². The van der Waals surface area contributed by atoms with Crippen molar-refractivity contribution in [3.8, 4) is 0 Å². The Balaban J connectivity index is 2.14. The van der Waals surface area contributed by atoms with Gasteiger partial charge in [0.1, 0.15) is 11.0 Å². The second-order valence-corrected chi connectivity index (χ2v) is 5.50. The Morgan fingerprint density at radius 1 is 1.55 bits per heavy atom. The molecule has 0 aromatic carbocycles. The lowest BCUT2D eigenvalue weighted by molar-refractivity contribution is -0.141. The number of rotatable bonds is 5. The fourth-order valence-electron chi connectivity index (χ4n) is 1.40. The van der Waals surface area contributed by atoms with Crippen molar-refractivity contribution in [1.82, 2.24) is 14.8 Å². The Kier molecular flexibility index (Phi) is 4.85. The lowest BCUT2D eigenvalue weighted by Crippen LogP contribution is -2.28. The molecule has 0 atom stereocenters. The predicted molar refractivity (Wildman–Crippen MR) is 77.7 cm³/mol. The van der Waals surface area contributed by atoms with Crippen LogP contribution in [0, 0.1) is 0 Å². The average molecular weight is 359 g/mol. The highest BCUT2D eigenvalue weighted by atomic mass is 79.9. The maximum atomic E-state index is 12.0. The van der Waals surface area contributed by atoms with Crippen molar-refractivity contribution in [3.63, 3.8) is 0 Å². The van der Waals surface area contributed by atoms with Crippen LogP contribution in [0.1, 0.15) is 4.88 Å². The predicted octanol–water partition coefficient (Wildman–Crippen LogP) is 1.25.